The van der Waals surface area contributed by atoms with Gasteiger partial charge in [-0.15, -0.1) is 0 Å². The fraction of sp³-hybridized carbons (Fsp3) is 0.292. The van der Waals surface area contributed by atoms with E-state index in [1.165, 1.54) is 11.1 Å². The number of carbonyl (C=O) groups is 1. The zero-order valence-electron chi connectivity index (χ0n) is 16.5. The van der Waals surface area contributed by atoms with Crippen molar-refractivity contribution < 1.29 is 9.53 Å². The lowest BCUT2D eigenvalue weighted by Crippen LogP contribution is -2.39. The quantitative estimate of drug-likeness (QED) is 0.630. The van der Waals surface area contributed by atoms with Gasteiger partial charge in [-0.25, -0.2) is 0 Å². The van der Waals surface area contributed by atoms with Gasteiger partial charge < -0.3 is 10.1 Å². The second-order valence-corrected chi connectivity index (χ2v) is 7.08. The molecule has 0 bridgehead atoms. The molecule has 0 heterocycles. The summed E-state index contributed by atoms with van der Waals surface area (Å²) in [6.07, 6.45) is 0.0811. The van der Waals surface area contributed by atoms with Gasteiger partial charge in [0.1, 0.15) is 5.75 Å². The molecule has 3 nitrogen and oxygen atoms in total. The van der Waals surface area contributed by atoms with Gasteiger partial charge in [0, 0.05) is 5.39 Å². The van der Waals surface area contributed by atoms with Crippen LogP contribution in [-0.4, -0.2) is 12.0 Å². The molecule has 0 fully saturated rings. The maximum absolute atomic E-state index is 12.9. The number of nitrogens with one attached hydrogen (secondary N) is 1. The van der Waals surface area contributed by atoms with Crippen LogP contribution < -0.4 is 10.1 Å². The fourth-order valence-corrected chi connectivity index (χ4v) is 3.38. The minimum atomic E-state index is -0.525. The Hall–Kier alpha value is -2.81. The summed E-state index contributed by atoms with van der Waals surface area (Å²) in [5.74, 6) is 0.660. The van der Waals surface area contributed by atoms with E-state index >= 15 is 0 Å². The van der Waals surface area contributed by atoms with Crippen molar-refractivity contribution in [3.63, 3.8) is 0 Å². The molecule has 0 radical (unpaired) electrons. The van der Waals surface area contributed by atoms with Gasteiger partial charge in [0.15, 0.2) is 6.10 Å². The molecule has 3 rings (SSSR count). The third-order valence-corrected chi connectivity index (χ3v) is 4.94. The highest BCUT2D eigenvalue weighted by Gasteiger charge is 2.22. The van der Waals surface area contributed by atoms with Gasteiger partial charge in [0.2, 0.25) is 0 Å². The molecule has 1 amide bonds. The van der Waals surface area contributed by atoms with Gasteiger partial charge in [-0.3, -0.25) is 4.79 Å². The van der Waals surface area contributed by atoms with Crippen LogP contribution in [0.5, 0.6) is 5.75 Å². The molecule has 0 saturated heterocycles. The maximum Gasteiger partial charge on any atom is 0.261 e. The lowest BCUT2D eigenvalue weighted by Gasteiger charge is -2.22. The molecule has 0 aromatic heterocycles. The molecule has 3 heteroatoms. The molecule has 0 aliphatic rings. The Bertz CT molecular complexity index is 943. The molecule has 0 saturated carbocycles. The van der Waals surface area contributed by atoms with E-state index < -0.39 is 6.10 Å². The maximum atomic E-state index is 12.9. The lowest BCUT2D eigenvalue weighted by molar-refractivity contribution is -0.128. The predicted octanol–water partition coefficient (Wildman–Crippen LogP) is 5.49. The van der Waals surface area contributed by atoms with E-state index in [4.69, 9.17) is 4.74 Å². The number of benzene rings is 3. The molecule has 3 aromatic carbocycles. The average Bonchev–Trinajstić information content (AvgIpc) is 2.67. The Kier molecular flexibility index (Phi) is 5.80. The van der Waals surface area contributed by atoms with Crippen LogP contribution in [0.15, 0.2) is 60.7 Å². The van der Waals surface area contributed by atoms with Gasteiger partial charge in [0.25, 0.3) is 5.91 Å². The Balaban J connectivity index is 1.77. The SMILES string of the molecule is CC[C@@H](Oc1cccc2ccccc12)C(=O)N[C@@H](C)c1cc(C)ccc1C. The number of fused-ring (bicyclic) bond motifs is 1. The van der Waals surface area contributed by atoms with Crippen molar-refractivity contribution >= 4 is 16.7 Å². The van der Waals surface area contributed by atoms with E-state index in [0.717, 1.165) is 22.1 Å². The summed E-state index contributed by atoms with van der Waals surface area (Å²) in [6.45, 7) is 8.12. The summed E-state index contributed by atoms with van der Waals surface area (Å²) in [7, 11) is 0. The standard InChI is InChI=1S/C24H27NO2/c1-5-22(27-23-12-8-10-19-9-6-7-11-20(19)23)24(26)25-18(4)21-15-16(2)13-14-17(21)3/h6-15,18,22H,5H2,1-4H3,(H,25,26)/t18-,22+/m0/s1. The third kappa shape index (κ3) is 4.30. The first-order chi connectivity index (χ1) is 13.0. The molecule has 27 heavy (non-hydrogen) atoms. The molecule has 0 aliphatic heterocycles. The molecule has 0 unspecified atom stereocenters. The van der Waals surface area contributed by atoms with E-state index in [0.29, 0.717) is 6.42 Å². The van der Waals surface area contributed by atoms with E-state index in [9.17, 15) is 4.79 Å². The number of hydrogen-bond donors (Lipinski definition) is 1. The number of aryl methyl sites for hydroxylation is 2. The summed E-state index contributed by atoms with van der Waals surface area (Å²) >= 11 is 0. The van der Waals surface area contributed by atoms with Crippen molar-refractivity contribution in [2.75, 3.05) is 0 Å². The first kappa shape index (κ1) is 19.0. The summed E-state index contributed by atoms with van der Waals surface area (Å²) in [6, 6.07) is 20.2. The van der Waals surface area contributed by atoms with Crippen LogP contribution in [0.3, 0.4) is 0 Å². The zero-order valence-corrected chi connectivity index (χ0v) is 16.5. The van der Waals surface area contributed by atoms with Crippen LogP contribution in [0.25, 0.3) is 10.8 Å². The second kappa shape index (κ2) is 8.26. The summed E-state index contributed by atoms with van der Waals surface area (Å²) in [4.78, 5) is 12.9. The Morgan fingerprint density at radius 2 is 1.78 bits per heavy atom. The summed E-state index contributed by atoms with van der Waals surface area (Å²) in [5, 5.41) is 5.25. The minimum absolute atomic E-state index is 0.0671. The Morgan fingerprint density at radius 1 is 1.04 bits per heavy atom. The van der Waals surface area contributed by atoms with Gasteiger partial charge in [-0.05, 0) is 49.8 Å². The van der Waals surface area contributed by atoms with Crippen molar-refractivity contribution in [2.45, 2.75) is 46.3 Å². The first-order valence-electron chi connectivity index (χ1n) is 9.51. The van der Waals surface area contributed by atoms with Crippen LogP contribution in [-0.2, 0) is 4.79 Å². The zero-order chi connectivity index (χ0) is 19.4. The normalized spacial score (nSPS) is 13.2. The van der Waals surface area contributed by atoms with Crippen LogP contribution >= 0.6 is 0 Å². The van der Waals surface area contributed by atoms with E-state index in [2.05, 4.69) is 37.4 Å². The van der Waals surface area contributed by atoms with Gasteiger partial charge in [-0.1, -0.05) is 67.1 Å². The molecule has 0 aliphatic carbocycles. The van der Waals surface area contributed by atoms with Crippen molar-refractivity contribution in [2.24, 2.45) is 0 Å². The number of carbonyl (C=O) groups excluding carboxylic acids is 1. The third-order valence-electron chi connectivity index (χ3n) is 4.94. The monoisotopic (exact) mass is 361 g/mol. The Labute approximate surface area is 161 Å². The molecular formula is C24H27NO2. The van der Waals surface area contributed by atoms with E-state index in [-0.39, 0.29) is 11.9 Å². The molecular weight excluding hydrogens is 334 g/mol. The van der Waals surface area contributed by atoms with Crippen LogP contribution in [0, 0.1) is 13.8 Å². The topological polar surface area (TPSA) is 38.3 Å². The highest BCUT2D eigenvalue weighted by molar-refractivity contribution is 5.89. The van der Waals surface area contributed by atoms with Crippen molar-refractivity contribution in [1.29, 1.82) is 0 Å². The van der Waals surface area contributed by atoms with Crippen LogP contribution in [0.4, 0.5) is 0 Å². The number of hydrogen-bond acceptors (Lipinski definition) is 2. The number of ether oxygens (including phenoxy) is 1. The molecule has 1 N–H and O–H groups in total. The number of amides is 1. The average molecular weight is 361 g/mol. The minimum Gasteiger partial charge on any atom is -0.480 e. The van der Waals surface area contributed by atoms with Crippen molar-refractivity contribution in [1.82, 2.24) is 5.32 Å². The largest absolute Gasteiger partial charge is 0.480 e. The molecule has 0 spiro atoms. The van der Waals surface area contributed by atoms with Gasteiger partial charge >= 0.3 is 0 Å². The molecule has 3 aromatic rings. The molecule has 2 atom stereocenters. The van der Waals surface area contributed by atoms with Crippen molar-refractivity contribution in [3.8, 4) is 5.75 Å². The second-order valence-electron chi connectivity index (χ2n) is 7.08. The first-order valence-corrected chi connectivity index (χ1v) is 9.51. The summed E-state index contributed by atoms with van der Waals surface area (Å²) in [5.41, 5.74) is 3.51. The van der Waals surface area contributed by atoms with Crippen molar-refractivity contribution in [3.05, 3.63) is 77.4 Å². The lowest BCUT2D eigenvalue weighted by atomic mass is 10.00. The van der Waals surface area contributed by atoms with E-state index in [1.807, 2.05) is 56.3 Å². The highest BCUT2D eigenvalue weighted by atomic mass is 16.5. The highest BCUT2D eigenvalue weighted by Crippen LogP contribution is 2.27. The van der Waals surface area contributed by atoms with Gasteiger partial charge in [-0.2, -0.15) is 0 Å². The van der Waals surface area contributed by atoms with Crippen LogP contribution in [0.1, 0.15) is 43.0 Å². The predicted molar refractivity (Wildman–Crippen MR) is 111 cm³/mol. The number of rotatable bonds is 6. The Morgan fingerprint density at radius 3 is 2.56 bits per heavy atom. The van der Waals surface area contributed by atoms with Gasteiger partial charge in [0.05, 0.1) is 6.04 Å². The smallest absolute Gasteiger partial charge is 0.261 e. The molecule has 140 valence electrons. The summed E-state index contributed by atoms with van der Waals surface area (Å²) < 4.78 is 6.12. The van der Waals surface area contributed by atoms with E-state index in [1.54, 1.807) is 0 Å². The van der Waals surface area contributed by atoms with Crippen LogP contribution in [0.2, 0.25) is 0 Å². The fourth-order valence-electron chi connectivity index (χ4n) is 3.38.